The van der Waals surface area contributed by atoms with Gasteiger partial charge >= 0.3 is 41.3 Å². The van der Waals surface area contributed by atoms with E-state index in [0.717, 1.165) is 17.8 Å². The average molecular weight is 709 g/mol. The van der Waals surface area contributed by atoms with Crippen molar-refractivity contribution in [3.63, 3.8) is 0 Å². The first-order valence-corrected chi connectivity index (χ1v) is 17.8. The van der Waals surface area contributed by atoms with Crippen LogP contribution in [0.3, 0.4) is 0 Å². The third-order valence-corrected chi connectivity index (χ3v) is 10.3. The van der Waals surface area contributed by atoms with Crippen molar-refractivity contribution in [1.29, 1.82) is 0 Å². The van der Waals surface area contributed by atoms with E-state index in [1.807, 2.05) is 0 Å². The number of halogens is 2. The monoisotopic (exact) mass is 706 g/mol. The summed E-state index contributed by atoms with van der Waals surface area (Å²) in [7, 11) is 0. The molecule has 0 aromatic heterocycles. The van der Waals surface area contributed by atoms with Gasteiger partial charge in [-0.1, -0.05) is 89.8 Å². The van der Waals surface area contributed by atoms with Crippen LogP contribution >= 0.6 is 0 Å². The predicted molar refractivity (Wildman–Crippen MR) is 181 cm³/mol. The minimum atomic E-state index is 0. The summed E-state index contributed by atoms with van der Waals surface area (Å²) in [5, 5.41) is 5.49. The molecule has 0 heterocycles. The fourth-order valence-corrected chi connectivity index (χ4v) is 8.76. The van der Waals surface area contributed by atoms with E-state index in [1.165, 1.54) is 55.1 Å². The zero-order valence-electron chi connectivity index (χ0n) is 28.9. The number of hydrogen-bond donors (Lipinski definition) is 0. The van der Waals surface area contributed by atoms with Crippen molar-refractivity contribution in [1.82, 2.24) is 0 Å². The maximum absolute atomic E-state index is 3.78. The summed E-state index contributed by atoms with van der Waals surface area (Å²) in [6.45, 7) is 22.5. The Hall–Kier alpha value is -0.877. The Morgan fingerprint density at radius 3 is 1.48 bits per heavy atom. The second-order valence-electron chi connectivity index (χ2n) is 16.6. The smallest absolute Gasteiger partial charge is 1.00 e. The summed E-state index contributed by atoms with van der Waals surface area (Å²) in [6.07, 6.45) is 15.3. The standard InChI is InChI=1S/C21H25.C17H23.C3H6.2ClH.Zr/c1-20(2,3)16-9-7-14-11-15-8-10-17(21(4,5)6)13-19(15)18(14)12-16;1-11-3-12(2)16(4-11)17-8-13-5-14(9-17)7-15(6-13)10-17;1-3-2;;;/h7-13H,1-6H3;3,11,13-15H,5-10H2,1-2H3;1-2H3;2*1H;/q2*-1;;;;+2/p-2. The number of rotatable bonds is 1. The van der Waals surface area contributed by atoms with Crippen molar-refractivity contribution < 1.29 is 49.0 Å². The molecule has 0 N–H and O–H groups in total. The molecule has 3 aromatic carbocycles. The van der Waals surface area contributed by atoms with E-state index in [0.29, 0.717) is 11.3 Å². The van der Waals surface area contributed by atoms with Gasteiger partial charge in [-0.15, -0.1) is 46.7 Å². The van der Waals surface area contributed by atoms with Crippen LogP contribution in [-0.2, 0) is 35.1 Å². The van der Waals surface area contributed by atoms with Gasteiger partial charge in [0.25, 0.3) is 0 Å². The molecule has 0 radical (unpaired) electrons. The first-order chi connectivity index (χ1) is 19.5. The van der Waals surface area contributed by atoms with Gasteiger partial charge in [0, 0.05) is 0 Å². The molecule has 4 bridgehead atoms. The van der Waals surface area contributed by atoms with E-state index in [9.17, 15) is 0 Å². The Morgan fingerprint density at radius 1 is 0.773 bits per heavy atom. The van der Waals surface area contributed by atoms with Crippen LogP contribution in [-0.4, -0.2) is 3.21 Å². The molecule has 5 aliphatic rings. The van der Waals surface area contributed by atoms with Crippen LogP contribution in [0.1, 0.15) is 119 Å². The van der Waals surface area contributed by atoms with Crippen molar-refractivity contribution in [3.8, 4) is 0 Å². The summed E-state index contributed by atoms with van der Waals surface area (Å²) >= 11 is 1.55. The first kappa shape index (κ1) is 37.6. The number of benzene rings is 2. The Bertz CT molecular complexity index is 1430. The van der Waals surface area contributed by atoms with Gasteiger partial charge in [0.1, 0.15) is 0 Å². The maximum Gasteiger partial charge on any atom is -1.00 e. The second-order valence-corrected chi connectivity index (χ2v) is 19.1. The largest absolute Gasteiger partial charge is 1.00 e. The van der Waals surface area contributed by atoms with Crippen LogP contribution in [0.2, 0.25) is 0 Å². The van der Waals surface area contributed by atoms with Crippen molar-refractivity contribution in [2.45, 2.75) is 119 Å². The molecular formula is C41H54Cl2Zr-2. The fraction of sp³-hybridized carbons (Fsp3) is 0.561. The van der Waals surface area contributed by atoms with E-state index in [2.05, 4.69) is 124 Å². The van der Waals surface area contributed by atoms with Crippen LogP contribution in [0.4, 0.5) is 0 Å². The molecule has 1 atom stereocenters. The van der Waals surface area contributed by atoms with Gasteiger partial charge in [0.15, 0.2) is 0 Å². The van der Waals surface area contributed by atoms with Gasteiger partial charge in [-0.25, -0.2) is 11.1 Å². The molecule has 1 unspecified atom stereocenters. The normalized spacial score (nSPS) is 26.9. The van der Waals surface area contributed by atoms with Gasteiger partial charge in [-0.05, 0) is 72.5 Å². The Morgan fingerprint density at radius 2 is 1.16 bits per heavy atom. The molecule has 0 amide bonds. The van der Waals surface area contributed by atoms with E-state index in [4.69, 9.17) is 0 Å². The Balaban J connectivity index is 0.000000209. The van der Waals surface area contributed by atoms with Crippen LogP contribution in [0.25, 0.3) is 21.5 Å². The van der Waals surface area contributed by atoms with Gasteiger partial charge in [-0.2, -0.15) is 6.08 Å². The molecule has 44 heavy (non-hydrogen) atoms. The number of hydrogen-bond acceptors (Lipinski definition) is 0. The minimum absolute atomic E-state index is 0. The van der Waals surface area contributed by atoms with Crippen LogP contribution in [0.15, 0.2) is 59.7 Å². The summed E-state index contributed by atoms with van der Waals surface area (Å²) in [4.78, 5) is 0. The molecule has 0 nitrogen and oxygen atoms in total. The molecular weight excluding hydrogens is 655 g/mol. The molecule has 8 rings (SSSR count). The van der Waals surface area contributed by atoms with E-state index in [1.54, 1.807) is 54.6 Å². The minimum Gasteiger partial charge on any atom is -1.00 e. The van der Waals surface area contributed by atoms with Gasteiger partial charge in [0.2, 0.25) is 0 Å². The quantitative estimate of drug-likeness (QED) is 0.290. The van der Waals surface area contributed by atoms with Crippen LogP contribution in [0.5, 0.6) is 0 Å². The third kappa shape index (κ3) is 8.15. The predicted octanol–water partition coefficient (Wildman–Crippen LogP) is 5.59. The first-order valence-electron chi connectivity index (χ1n) is 16.5. The number of allylic oxidation sites excluding steroid dienone is 4. The zero-order valence-corrected chi connectivity index (χ0v) is 32.9. The summed E-state index contributed by atoms with van der Waals surface area (Å²) in [5.41, 5.74) is 6.97. The zero-order chi connectivity index (χ0) is 30.6. The SMILES string of the molecule is CC(C)(C)c1ccc2[cH-]c3ccc(C(C)(C)C)cc3c2c1.CC1=CC(C)[C-]=C1C12CC3CC(CC(C3)C1)C2.C[C](C)=[Zr+2].[Cl-].[Cl-]. The molecule has 0 saturated heterocycles. The molecule has 3 heteroatoms. The van der Waals surface area contributed by atoms with E-state index >= 15 is 0 Å². The van der Waals surface area contributed by atoms with Gasteiger partial charge < -0.3 is 24.8 Å². The van der Waals surface area contributed by atoms with Crippen LogP contribution in [0, 0.1) is 35.2 Å². The summed E-state index contributed by atoms with van der Waals surface area (Å²) in [6, 6.07) is 16.1. The molecule has 5 aliphatic carbocycles. The van der Waals surface area contributed by atoms with Gasteiger partial charge in [0.05, 0.1) is 0 Å². The second kappa shape index (κ2) is 14.1. The van der Waals surface area contributed by atoms with E-state index in [-0.39, 0.29) is 35.6 Å². The topological polar surface area (TPSA) is 0 Å². The molecule has 4 saturated carbocycles. The van der Waals surface area contributed by atoms with Gasteiger partial charge in [-0.3, -0.25) is 6.08 Å². The summed E-state index contributed by atoms with van der Waals surface area (Å²) < 4.78 is 1.51. The summed E-state index contributed by atoms with van der Waals surface area (Å²) in [5.74, 6) is 3.73. The van der Waals surface area contributed by atoms with Crippen LogP contribution < -0.4 is 24.8 Å². The third-order valence-electron chi connectivity index (χ3n) is 10.3. The Labute approximate surface area is 296 Å². The molecule has 3 aromatic rings. The Kier molecular flexibility index (Phi) is 12.0. The molecule has 4 fully saturated rings. The molecule has 0 aliphatic heterocycles. The number of fused-ring (bicyclic) bond motifs is 3. The van der Waals surface area contributed by atoms with Crippen molar-refractivity contribution in [3.05, 3.63) is 76.9 Å². The van der Waals surface area contributed by atoms with Crippen molar-refractivity contribution >= 4 is 24.8 Å². The average Bonchev–Trinajstić information content (AvgIpc) is 3.40. The van der Waals surface area contributed by atoms with Crippen molar-refractivity contribution in [2.24, 2.45) is 29.1 Å². The molecule has 238 valence electrons. The fourth-order valence-electron chi connectivity index (χ4n) is 8.76. The van der Waals surface area contributed by atoms with E-state index < -0.39 is 0 Å². The molecule has 0 spiro atoms. The maximum atomic E-state index is 3.78. The van der Waals surface area contributed by atoms with Crippen molar-refractivity contribution in [2.75, 3.05) is 0 Å².